The first-order valence-corrected chi connectivity index (χ1v) is 6.69. The Morgan fingerprint density at radius 1 is 1.38 bits per heavy atom. The van der Waals surface area contributed by atoms with Crippen LogP contribution < -0.4 is 10.6 Å². The van der Waals surface area contributed by atoms with Crippen molar-refractivity contribution in [2.24, 2.45) is 0 Å². The third-order valence-corrected chi connectivity index (χ3v) is 3.24. The van der Waals surface area contributed by atoms with Gasteiger partial charge in [-0.3, -0.25) is 4.79 Å². The van der Waals surface area contributed by atoms with Crippen molar-refractivity contribution in [2.45, 2.75) is 26.8 Å². The molecule has 1 heterocycles. The molecule has 1 aromatic heterocycles. The summed E-state index contributed by atoms with van der Waals surface area (Å²) in [6, 6.07) is 5.98. The van der Waals surface area contributed by atoms with Crippen molar-refractivity contribution in [2.75, 3.05) is 11.9 Å². The molecule has 0 aliphatic rings. The number of nitrogens with one attached hydrogen (secondary N) is 2. The highest BCUT2D eigenvalue weighted by atomic mass is 19.1. The summed E-state index contributed by atoms with van der Waals surface area (Å²) in [7, 11) is 0. The molecule has 2 rings (SSSR count). The van der Waals surface area contributed by atoms with Crippen LogP contribution in [0.5, 0.6) is 0 Å². The number of benzene rings is 1. The molecule has 1 atom stereocenters. The second-order valence-corrected chi connectivity index (χ2v) is 4.87. The Balaban J connectivity index is 1.91. The van der Waals surface area contributed by atoms with Gasteiger partial charge in [0.2, 0.25) is 5.91 Å². The molecule has 21 heavy (non-hydrogen) atoms. The second kappa shape index (κ2) is 6.49. The molecule has 6 heteroatoms. The van der Waals surface area contributed by atoms with E-state index in [-0.39, 0.29) is 24.2 Å². The van der Waals surface area contributed by atoms with Crippen molar-refractivity contribution in [1.29, 1.82) is 0 Å². The summed E-state index contributed by atoms with van der Waals surface area (Å²) < 4.78 is 18.5. The molecule has 0 aliphatic heterocycles. The van der Waals surface area contributed by atoms with Gasteiger partial charge in [-0.1, -0.05) is 17.3 Å². The van der Waals surface area contributed by atoms with E-state index < -0.39 is 5.82 Å². The van der Waals surface area contributed by atoms with Crippen molar-refractivity contribution in [3.63, 3.8) is 0 Å². The van der Waals surface area contributed by atoms with Crippen molar-refractivity contribution < 1.29 is 13.7 Å². The minimum Gasteiger partial charge on any atom is -0.361 e. The number of rotatable bonds is 5. The Bertz CT molecular complexity index is 620. The summed E-state index contributed by atoms with van der Waals surface area (Å²) in [6.07, 6.45) is 0. The lowest BCUT2D eigenvalue weighted by Gasteiger charge is -2.13. The van der Waals surface area contributed by atoms with Crippen LogP contribution in [0.3, 0.4) is 0 Å². The number of anilines is 1. The molecule has 5 nitrogen and oxygen atoms in total. The molecule has 0 fully saturated rings. The molecule has 0 saturated carbocycles. The predicted octanol–water partition coefficient (Wildman–Crippen LogP) is 2.72. The number of carbonyl (C=O) groups excluding carboxylic acids is 1. The van der Waals surface area contributed by atoms with Crippen LogP contribution in [0.25, 0.3) is 0 Å². The maximum Gasteiger partial charge on any atom is 0.238 e. The highest BCUT2D eigenvalue weighted by Gasteiger charge is 2.17. The van der Waals surface area contributed by atoms with E-state index in [4.69, 9.17) is 4.52 Å². The van der Waals surface area contributed by atoms with E-state index in [0.717, 1.165) is 17.0 Å². The van der Waals surface area contributed by atoms with Crippen LogP contribution in [-0.2, 0) is 4.79 Å². The van der Waals surface area contributed by atoms with E-state index in [1.54, 1.807) is 12.1 Å². The Hall–Kier alpha value is -2.21. The van der Waals surface area contributed by atoms with E-state index in [1.165, 1.54) is 12.1 Å². The van der Waals surface area contributed by atoms with Gasteiger partial charge in [0.25, 0.3) is 0 Å². The Morgan fingerprint density at radius 3 is 2.71 bits per heavy atom. The van der Waals surface area contributed by atoms with E-state index in [2.05, 4.69) is 15.8 Å². The number of nitrogens with zero attached hydrogens (tertiary/aromatic N) is 1. The van der Waals surface area contributed by atoms with Crippen LogP contribution in [0.2, 0.25) is 0 Å². The third kappa shape index (κ3) is 3.66. The molecule has 2 aromatic rings. The normalized spacial score (nSPS) is 12.2. The lowest BCUT2D eigenvalue weighted by Crippen LogP contribution is -2.30. The fraction of sp³-hybridized carbons (Fsp3) is 0.333. The predicted molar refractivity (Wildman–Crippen MR) is 77.4 cm³/mol. The quantitative estimate of drug-likeness (QED) is 0.889. The van der Waals surface area contributed by atoms with Gasteiger partial charge >= 0.3 is 0 Å². The number of aryl methyl sites for hydroxylation is 2. The van der Waals surface area contributed by atoms with Crippen LogP contribution in [0.4, 0.5) is 10.1 Å². The number of halogens is 1. The zero-order chi connectivity index (χ0) is 15.4. The molecule has 1 aromatic carbocycles. The molecule has 0 radical (unpaired) electrons. The summed E-state index contributed by atoms with van der Waals surface area (Å²) >= 11 is 0. The van der Waals surface area contributed by atoms with Crippen molar-refractivity contribution >= 4 is 11.6 Å². The fourth-order valence-electron chi connectivity index (χ4n) is 2.21. The fourth-order valence-corrected chi connectivity index (χ4v) is 2.21. The largest absolute Gasteiger partial charge is 0.361 e. The van der Waals surface area contributed by atoms with Gasteiger partial charge in [0, 0.05) is 11.6 Å². The zero-order valence-electron chi connectivity index (χ0n) is 12.2. The molecule has 112 valence electrons. The average Bonchev–Trinajstić information content (AvgIpc) is 2.78. The number of hydrogen-bond donors (Lipinski definition) is 2. The van der Waals surface area contributed by atoms with Crippen LogP contribution in [0.1, 0.15) is 30.0 Å². The lowest BCUT2D eigenvalue weighted by molar-refractivity contribution is -0.115. The first-order valence-electron chi connectivity index (χ1n) is 6.69. The second-order valence-electron chi connectivity index (χ2n) is 4.87. The first kappa shape index (κ1) is 15.2. The van der Waals surface area contributed by atoms with Crippen LogP contribution in [-0.4, -0.2) is 17.6 Å². The molecule has 2 N–H and O–H groups in total. The lowest BCUT2D eigenvalue weighted by atomic mass is 10.1. The number of amides is 1. The van der Waals surface area contributed by atoms with Crippen molar-refractivity contribution in [3.8, 4) is 0 Å². The maximum atomic E-state index is 13.4. The highest BCUT2D eigenvalue weighted by Crippen LogP contribution is 2.20. The van der Waals surface area contributed by atoms with Crippen molar-refractivity contribution in [3.05, 3.63) is 47.1 Å². The SMILES string of the molecule is Cc1noc(C)c1C(C)NCC(=O)Nc1ccccc1F. The smallest absolute Gasteiger partial charge is 0.238 e. The molecular weight excluding hydrogens is 273 g/mol. The number of aromatic nitrogens is 1. The first-order chi connectivity index (χ1) is 9.99. The average molecular weight is 291 g/mol. The topological polar surface area (TPSA) is 67.2 Å². The summed E-state index contributed by atoms with van der Waals surface area (Å²) in [5.74, 6) is -0.0367. The summed E-state index contributed by atoms with van der Waals surface area (Å²) in [5, 5.41) is 9.47. The highest BCUT2D eigenvalue weighted by molar-refractivity contribution is 5.92. The number of para-hydroxylation sites is 1. The molecule has 0 spiro atoms. The Kier molecular flexibility index (Phi) is 4.70. The van der Waals surface area contributed by atoms with E-state index in [0.29, 0.717) is 0 Å². The summed E-state index contributed by atoms with van der Waals surface area (Å²) in [5.41, 5.74) is 1.91. The standard InChI is InChI=1S/C15H18FN3O2/c1-9(15-10(2)19-21-11(15)3)17-8-14(20)18-13-7-5-4-6-12(13)16/h4-7,9,17H,8H2,1-3H3,(H,18,20). The van der Waals surface area contributed by atoms with Gasteiger partial charge in [-0.2, -0.15) is 0 Å². The molecule has 0 bridgehead atoms. The molecule has 0 saturated heterocycles. The third-order valence-electron chi connectivity index (χ3n) is 3.24. The maximum absolute atomic E-state index is 13.4. The number of hydrogen-bond acceptors (Lipinski definition) is 4. The van der Waals surface area contributed by atoms with E-state index >= 15 is 0 Å². The van der Waals surface area contributed by atoms with Crippen molar-refractivity contribution in [1.82, 2.24) is 10.5 Å². The van der Waals surface area contributed by atoms with Gasteiger partial charge in [-0.25, -0.2) is 4.39 Å². The van der Waals surface area contributed by atoms with Crippen LogP contribution in [0.15, 0.2) is 28.8 Å². The van der Waals surface area contributed by atoms with E-state index in [9.17, 15) is 9.18 Å². The Morgan fingerprint density at radius 2 is 2.10 bits per heavy atom. The van der Waals surface area contributed by atoms with Gasteiger partial charge < -0.3 is 15.2 Å². The van der Waals surface area contributed by atoms with Gasteiger partial charge in [-0.05, 0) is 32.9 Å². The minimum atomic E-state index is -0.454. The molecular formula is C15H18FN3O2. The molecule has 1 amide bonds. The number of carbonyl (C=O) groups is 1. The van der Waals surface area contributed by atoms with Crippen LogP contribution in [0, 0.1) is 19.7 Å². The molecule has 0 aliphatic carbocycles. The monoisotopic (exact) mass is 291 g/mol. The van der Waals surface area contributed by atoms with Gasteiger partial charge in [-0.15, -0.1) is 0 Å². The van der Waals surface area contributed by atoms with E-state index in [1.807, 2.05) is 20.8 Å². The summed E-state index contributed by atoms with van der Waals surface area (Å²) in [4.78, 5) is 11.8. The summed E-state index contributed by atoms with van der Waals surface area (Å²) in [6.45, 7) is 5.67. The minimum absolute atomic E-state index is 0.0690. The Labute approximate surface area is 122 Å². The zero-order valence-corrected chi connectivity index (χ0v) is 12.2. The van der Waals surface area contributed by atoms with Crippen LogP contribution >= 0.6 is 0 Å². The molecule has 1 unspecified atom stereocenters. The van der Waals surface area contributed by atoms with Gasteiger partial charge in [0.05, 0.1) is 17.9 Å². The van der Waals surface area contributed by atoms with Gasteiger partial charge in [0.15, 0.2) is 0 Å². The van der Waals surface area contributed by atoms with Gasteiger partial charge in [0.1, 0.15) is 11.6 Å².